The molecule has 0 saturated heterocycles. The first kappa shape index (κ1) is 14.2. The van der Waals surface area contributed by atoms with E-state index in [0.717, 1.165) is 6.07 Å². The van der Waals surface area contributed by atoms with Crippen LogP contribution in [0, 0.1) is 10.1 Å². The normalized spacial score (nSPS) is 11.8. The van der Waals surface area contributed by atoms with Crippen LogP contribution in [0.4, 0.5) is 5.69 Å². The first-order chi connectivity index (χ1) is 7.61. The van der Waals surface area contributed by atoms with E-state index < -0.39 is 16.0 Å². The van der Waals surface area contributed by atoms with Gasteiger partial charge in [0.1, 0.15) is 0 Å². The molecule has 0 fully saturated rings. The second kappa shape index (κ2) is 5.65. The van der Waals surface area contributed by atoms with E-state index in [9.17, 15) is 18.9 Å². The minimum atomic E-state index is -2.46. The molecule has 0 radical (unpaired) electrons. The van der Waals surface area contributed by atoms with Crippen LogP contribution in [-0.4, -0.2) is 18.7 Å². The van der Waals surface area contributed by atoms with E-state index in [1.165, 1.54) is 24.4 Å². The molecule has 6 nitrogen and oxygen atoms in total. The van der Waals surface area contributed by atoms with Crippen LogP contribution >= 0.6 is 0 Å². The molecule has 2 rings (SSSR count). The van der Waals surface area contributed by atoms with Crippen molar-refractivity contribution in [3.8, 4) is 0 Å². The molecule has 1 unspecified atom stereocenters. The van der Waals surface area contributed by atoms with Crippen molar-refractivity contribution >= 4 is 27.7 Å². The summed E-state index contributed by atoms with van der Waals surface area (Å²) in [7, 11) is 0. The minimum Gasteiger partial charge on any atom is -0.768 e. The Kier molecular flexibility index (Phi) is 4.72. The third kappa shape index (κ3) is 2.70. The summed E-state index contributed by atoms with van der Waals surface area (Å²) < 4.78 is 21.8. The van der Waals surface area contributed by atoms with Gasteiger partial charge >= 0.3 is 29.6 Å². The van der Waals surface area contributed by atoms with Gasteiger partial charge in [0.25, 0.3) is 5.69 Å². The van der Waals surface area contributed by atoms with Crippen molar-refractivity contribution in [3.05, 3.63) is 40.6 Å². The maximum absolute atomic E-state index is 10.9. The van der Waals surface area contributed by atoms with Gasteiger partial charge < -0.3 is 4.55 Å². The van der Waals surface area contributed by atoms with Gasteiger partial charge in [0.2, 0.25) is 0 Å². The van der Waals surface area contributed by atoms with E-state index in [4.69, 9.17) is 0 Å². The number of fused-ring (bicyclic) bond motifs is 1. The van der Waals surface area contributed by atoms with Crippen LogP contribution in [0.2, 0.25) is 0 Å². The summed E-state index contributed by atoms with van der Waals surface area (Å²) in [4.78, 5) is 14.0. The van der Waals surface area contributed by atoms with Crippen molar-refractivity contribution in [2.45, 2.75) is 4.90 Å². The number of nitrogens with zero attached hydrogens (tertiary/aromatic N) is 2. The molecule has 0 amide bonds. The molecular formula is C9H5N2NaO4S. The Balaban J connectivity index is 0.00000144. The zero-order valence-electron chi connectivity index (χ0n) is 8.82. The molecule has 0 N–H and O–H groups in total. The fourth-order valence-electron chi connectivity index (χ4n) is 1.43. The van der Waals surface area contributed by atoms with Gasteiger partial charge in [-0.2, -0.15) is 0 Å². The molecule has 1 atom stereocenters. The Morgan fingerprint density at radius 2 is 2.00 bits per heavy atom. The first-order valence-electron chi connectivity index (χ1n) is 4.22. The summed E-state index contributed by atoms with van der Waals surface area (Å²) in [6.07, 6.45) is 1.39. The molecule has 0 saturated carbocycles. The molecule has 0 spiro atoms. The summed E-state index contributed by atoms with van der Waals surface area (Å²) in [5, 5.41) is 10.9. The van der Waals surface area contributed by atoms with E-state index >= 15 is 0 Å². The fourth-order valence-corrected chi connectivity index (χ4v) is 1.93. The quantitative estimate of drug-likeness (QED) is 0.280. The second-order valence-corrected chi connectivity index (χ2v) is 3.88. The monoisotopic (exact) mass is 260 g/mol. The van der Waals surface area contributed by atoms with Crippen molar-refractivity contribution in [2.75, 3.05) is 0 Å². The van der Waals surface area contributed by atoms with Crippen molar-refractivity contribution in [1.82, 2.24) is 4.98 Å². The zero-order chi connectivity index (χ0) is 11.7. The van der Waals surface area contributed by atoms with Gasteiger partial charge in [-0.3, -0.25) is 19.3 Å². The van der Waals surface area contributed by atoms with E-state index in [-0.39, 0.29) is 51.0 Å². The molecule has 8 heteroatoms. The molecule has 17 heavy (non-hydrogen) atoms. The number of nitro benzene ring substituents is 1. The van der Waals surface area contributed by atoms with Crippen LogP contribution in [0.3, 0.4) is 0 Å². The van der Waals surface area contributed by atoms with Crippen LogP contribution in [0.5, 0.6) is 0 Å². The van der Waals surface area contributed by atoms with E-state index in [1.807, 2.05) is 0 Å². The molecule has 1 aromatic heterocycles. The van der Waals surface area contributed by atoms with Crippen molar-refractivity contribution in [1.29, 1.82) is 0 Å². The van der Waals surface area contributed by atoms with Crippen LogP contribution in [0.25, 0.3) is 10.9 Å². The Morgan fingerprint density at radius 3 is 2.59 bits per heavy atom. The smallest absolute Gasteiger partial charge is 0.768 e. The number of aromatic nitrogens is 1. The van der Waals surface area contributed by atoms with Gasteiger partial charge in [0, 0.05) is 12.3 Å². The molecule has 0 aliphatic heterocycles. The number of nitro groups is 1. The van der Waals surface area contributed by atoms with Gasteiger partial charge in [0.05, 0.1) is 20.7 Å². The summed E-state index contributed by atoms with van der Waals surface area (Å²) in [5.41, 5.74) is -0.0395. The average Bonchev–Trinajstić information content (AvgIpc) is 2.27. The molecule has 1 heterocycles. The average molecular weight is 260 g/mol. The standard InChI is InChI=1S/C9H6N2O4S.Na/c12-11(13)7-3-4-8(16(14)15)9-6(7)2-1-5-10-9;/h1-5H,(H,14,15);/q;+1/p-1. The van der Waals surface area contributed by atoms with Crippen LogP contribution in [0.1, 0.15) is 0 Å². The first-order valence-corrected chi connectivity index (χ1v) is 5.30. The number of hydrogen-bond donors (Lipinski definition) is 0. The van der Waals surface area contributed by atoms with E-state index in [2.05, 4.69) is 4.98 Å². The van der Waals surface area contributed by atoms with E-state index in [0.29, 0.717) is 0 Å². The predicted octanol–water partition coefficient (Wildman–Crippen LogP) is -1.62. The topological polar surface area (TPSA) is 96.2 Å². The van der Waals surface area contributed by atoms with Crippen molar-refractivity contribution < 1.29 is 43.2 Å². The maximum Gasteiger partial charge on any atom is 1.00 e. The van der Waals surface area contributed by atoms with E-state index in [1.54, 1.807) is 0 Å². The molecule has 0 bridgehead atoms. The Labute approximate surface area is 121 Å². The number of rotatable bonds is 2. The minimum absolute atomic E-state index is 0. The Bertz CT molecular complexity index is 552. The molecule has 2 aromatic rings. The van der Waals surface area contributed by atoms with Gasteiger partial charge in [-0.25, -0.2) is 0 Å². The molecule has 1 aromatic carbocycles. The number of hydrogen-bond acceptors (Lipinski definition) is 5. The SMILES string of the molecule is O=[N+]([O-])c1ccc(S(=O)[O-])c2ncccc12.[Na+]. The number of pyridine rings is 1. The number of benzene rings is 1. The summed E-state index contributed by atoms with van der Waals surface area (Å²) in [6.45, 7) is 0. The maximum atomic E-state index is 10.9. The van der Waals surface area contributed by atoms with Crippen LogP contribution < -0.4 is 29.6 Å². The van der Waals surface area contributed by atoms with Gasteiger partial charge in [-0.15, -0.1) is 0 Å². The van der Waals surface area contributed by atoms with Gasteiger partial charge in [0.15, 0.2) is 0 Å². The third-order valence-corrected chi connectivity index (χ3v) is 2.77. The molecule has 82 valence electrons. The predicted molar refractivity (Wildman–Crippen MR) is 55.6 cm³/mol. The Morgan fingerprint density at radius 1 is 1.29 bits per heavy atom. The number of non-ortho nitro benzene ring substituents is 1. The van der Waals surface area contributed by atoms with Crippen molar-refractivity contribution in [2.24, 2.45) is 0 Å². The summed E-state index contributed by atoms with van der Waals surface area (Å²) in [6, 6.07) is 5.33. The second-order valence-electron chi connectivity index (χ2n) is 2.97. The molecular weight excluding hydrogens is 255 g/mol. The third-order valence-electron chi connectivity index (χ3n) is 2.09. The largest absolute Gasteiger partial charge is 1.00 e. The van der Waals surface area contributed by atoms with Crippen LogP contribution in [0.15, 0.2) is 35.4 Å². The summed E-state index contributed by atoms with van der Waals surface area (Å²) in [5.74, 6) is 0. The van der Waals surface area contributed by atoms with Crippen molar-refractivity contribution in [3.63, 3.8) is 0 Å². The Hall–Kier alpha value is -0.860. The molecule has 0 aliphatic carbocycles. The fraction of sp³-hybridized carbons (Fsp3) is 0. The van der Waals surface area contributed by atoms with Gasteiger partial charge in [-0.1, -0.05) is 0 Å². The zero-order valence-corrected chi connectivity index (χ0v) is 11.6. The summed E-state index contributed by atoms with van der Waals surface area (Å²) >= 11 is -2.46. The molecule has 0 aliphatic rings. The van der Waals surface area contributed by atoms with Crippen LogP contribution in [-0.2, 0) is 11.1 Å². The van der Waals surface area contributed by atoms with Gasteiger partial charge in [-0.05, 0) is 29.3 Å².